The van der Waals surface area contributed by atoms with E-state index in [1.807, 2.05) is 11.8 Å². The van der Waals surface area contributed by atoms with Crippen LogP contribution in [0.25, 0.3) is 0 Å². The van der Waals surface area contributed by atoms with Crippen molar-refractivity contribution in [3.05, 3.63) is 0 Å². The highest BCUT2D eigenvalue weighted by atomic mass is 32.2. The summed E-state index contributed by atoms with van der Waals surface area (Å²) in [4.78, 5) is 4.91. The van der Waals surface area contributed by atoms with E-state index < -0.39 is 0 Å². The summed E-state index contributed by atoms with van der Waals surface area (Å²) in [7, 11) is 0. The molecule has 3 heteroatoms. The zero-order chi connectivity index (χ0) is 13.6. The molecule has 2 bridgehead atoms. The van der Waals surface area contributed by atoms with Gasteiger partial charge in [0.25, 0.3) is 0 Å². The molecule has 1 aliphatic heterocycles. The highest BCUT2D eigenvalue weighted by Crippen LogP contribution is 2.49. The molecule has 4 unspecified atom stereocenters. The number of nitrogens with zero attached hydrogens (tertiary/aromatic N) is 1. The number of hydrogen-bond acceptors (Lipinski definition) is 3. The van der Waals surface area contributed by atoms with Gasteiger partial charge in [0.1, 0.15) is 0 Å². The lowest BCUT2D eigenvalue weighted by Crippen LogP contribution is -2.41. The molecule has 0 aromatic heterocycles. The molecule has 2 nitrogen and oxygen atoms in total. The second kappa shape index (κ2) is 5.23. The summed E-state index contributed by atoms with van der Waals surface area (Å²) in [6.07, 6.45) is 11.7. The number of fused-ring (bicyclic) bond motifs is 2. The molecule has 0 radical (unpaired) electrons. The molecule has 4 atom stereocenters. The van der Waals surface area contributed by atoms with Crippen LogP contribution in [0.4, 0.5) is 0 Å². The molecular weight excluding hydrogens is 264 g/mol. The molecule has 1 N–H and O–H groups in total. The maximum atomic E-state index is 4.91. The molecule has 4 aliphatic rings. The second-order valence-electron chi connectivity index (χ2n) is 7.89. The van der Waals surface area contributed by atoms with E-state index in [9.17, 15) is 0 Å². The van der Waals surface area contributed by atoms with Crippen molar-refractivity contribution in [1.29, 1.82) is 0 Å². The van der Waals surface area contributed by atoms with Gasteiger partial charge in [0.15, 0.2) is 5.17 Å². The van der Waals surface area contributed by atoms with Crippen molar-refractivity contribution in [2.24, 2.45) is 28.2 Å². The first-order valence-corrected chi connectivity index (χ1v) is 9.66. The van der Waals surface area contributed by atoms with Gasteiger partial charge in [-0.2, -0.15) is 0 Å². The highest BCUT2D eigenvalue weighted by Gasteiger charge is 2.42. The lowest BCUT2D eigenvalue weighted by Gasteiger charge is -2.34. The minimum atomic E-state index is 0.575. The third-order valence-electron chi connectivity index (χ3n) is 6.52. The highest BCUT2D eigenvalue weighted by molar-refractivity contribution is 8.13. The largest absolute Gasteiger partial charge is 0.362 e. The number of thioether (sulfide) groups is 1. The average Bonchev–Trinajstić information content (AvgIpc) is 3.18. The van der Waals surface area contributed by atoms with Gasteiger partial charge in [-0.25, -0.2) is 0 Å². The minimum Gasteiger partial charge on any atom is -0.362 e. The Balaban J connectivity index is 1.34. The summed E-state index contributed by atoms with van der Waals surface area (Å²) in [5.41, 5.74) is 0.575. The Kier molecular flexibility index (Phi) is 3.52. The predicted molar refractivity (Wildman–Crippen MR) is 87.2 cm³/mol. The third-order valence-corrected chi connectivity index (χ3v) is 7.80. The van der Waals surface area contributed by atoms with Crippen molar-refractivity contribution in [3.63, 3.8) is 0 Å². The van der Waals surface area contributed by atoms with E-state index in [0.29, 0.717) is 11.5 Å². The van der Waals surface area contributed by atoms with Crippen molar-refractivity contribution in [2.75, 3.05) is 12.3 Å². The molecule has 4 rings (SSSR count). The standard InChI is InChI=1S/C17H28N2S/c1-12(15-9-13-4-5-14(15)8-13)19-16-18-10-17(11-20-16)6-2-3-7-17/h12-15H,2-11H2,1H3,(H,18,19). The van der Waals surface area contributed by atoms with Crippen molar-refractivity contribution < 1.29 is 0 Å². The summed E-state index contributed by atoms with van der Waals surface area (Å²) in [5.74, 6) is 4.29. The molecular formula is C17H28N2S. The molecule has 0 aromatic carbocycles. The second-order valence-corrected chi connectivity index (χ2v) is 8.85. The van der Waals surface area contributed by atoms with E-state index in [-0.39, 0.29) is 0 Å². The fourth-order valence-corrected chi connectivity index (χ4v) is 6.52. The van der Waals surface area contributed by atoms with Gasteiger partial charge >= 0.3 is 0 Å². The fourth-order valence-electron chi connectivity index (χ4n) is 5.28. The van der Waals surface area contributed by atoms with Crippen LogP contribution in [0.5, 0.6) is 0 Å². The van der Waals surface area contributed by atoms with E-state index >= 15 is 0 Å². The van der Waals surface area contributed by atoms with Gasteiger partial charge in [-0.15, -0.1) is 0 Å². The van der Waals surface area contributed by atoms with Gasteiger partial charge in [-0.3, -0.25) is 4.99 Å². The zero-order valence-corrected chi connectivity index (χ0v) is 13.6. The maximum Gasteiger partial charge on any atom is 0.156 e. The Morgan fingerprint density at radius 2 is 2.10 bits per heavy atom. The van der Waals surface area contributed by atoms with Crippen LogP contribution in [-0.4, -0.2) is 23.5 Å². The maximum absolute atomic E-state index is 4.91. The van der Waals surface area contributed by atoms with Gasteiger partial charge < -0.3 is 5.32 Å². The van der Waals surface area contributed by atoms with Gasteiger partial charge in [0.05, 0.1) is 0 Å². The lowest BCUT2D eigenvalue weighted by molar-refractivity contribution is 0.278. The lowest BCUT2D eigenvalue weighted by atomic mass is 9.84. The van der Waals surface area contributed by atoms with Crippen molar-refractivity contribution >= 4 is 16.9 Å². The zero-order valence-electron chi connectivity index (χ0n) is 12.7. The number of nitrogens with one attached hydrogen (secondary N) is 1. The summed E-state index contributed by atoms with van der Waals surface area (Å²) < 4.78 is 0. The molecule has 3 aliphatic carbocycles. The average molecular weight is 292 g/mol. The van der Waals surface area contributed by atoms with E-state index in [4.69, 9.17) is 4.99 Å². The molecule has 3 fully saturated rings. The van der Waals surface area contributed by atoms with Crippen molar-refractivity contribution in [3.8, 4) is 0 Å². The van der Waals surface area contributed by atoms with Crippen LogP contribution < -0.4 is 5.32 Å². The SMILES string of the molecule is CC(NC1=NCC2(CCCC2)CS1)C1CC2CCC1C2. The van der Waals surface area contributed by atoms with E-state index in [1.165, 1.54) is 62.3 Å². The van der Waals surface area contributed by atoms with Gasteiger partial charge in [0.2, 0.25) is 0 Å². The third kappa shape index (κ3) is 2.40. The Labute approximate surface area is 127 Å². The van der Waals surface area contributed by atoms with E-state index in [2.05, 4.69) is 12.2 Å². The van der Waals surface area contributed by atoms with Crippen molar-refractivity contribution in [2.45, 2.75) is 64.3 Å². The first-order chi connectivity index (χ1) is 9.74. The fraction of sp³-hybridized carbons (Fsp3) is 0.941. The molecule has 3 saturated carbocycles. The monoisotopic (exact) mass is 292 g/mol. The Morgan fingerprint density at radius 3 is 2.70 bits per heavy atom. The number of amidine groups is 1. The van der Waals surface area contributed by atoms with Crippen molar-refractivity contribution in [1.82, 2.24) is 5.32 Å². The van der Waals surface area contributed by atoms with Crippen LogP contribution in [0.1, 0.15) is 58.3 Å². The Bertz CT molecular complexity index is 400. The van der Waals surface area contributed by atoms with Crippen LogP contribution in [0, 0.1) is 23.2 Å². The Hall–Kier alpha value is -0.180. The summed E-state index contributed by atoms with van der Waals surface area (Å²) in [6.45, 7) is 3.49. The normalized spacial score (nSPS) is 40.0. The first-order valence-electron chi connectivity index (χ1n) is 8.68. The summed E-state index contributed by atoms with van der Waals surface area (Å²) >= 11 is 2.01. The number of hydrogen-bond donors (Lipinski definition) is 1. The minimum absolute atomic E-state index is 0.575. The van der Waals surface area contributed by atoms with Gasteiger partial charge in [0, 0.05) is 18.3 Å². The van der Waals surface area contributed by atoms with Crippen LogP contribution in [-0.2, 0) is 0 Å². The summed E-state index contributed by atoms with van der Waals surface area (Å²) in [6, 6.07) is 0.633. The van der Waals surface area contributed by atoms with Crippen LogP contribution in [0.15, 0.2) is 4.99 Å². The molecule has 20 heavy (non-hydrogen) atoms. The Morgan fingerprint density at radius 1 is 1.25 bits per heavy atom. The smallest absolute Gasteiger partial charge is 0.156 e. The topological polar surface area (TPSA) is 24.4 Å². The van der Waals surface area contributed by atoms with Gasteiger partial charge in [-0.05, 0) is 62.2 Å². The molecule has 1 heterocycles. The molecule has 0 aromatic rings. The summed E-state index contributed by atoms with van der Waals surface area (Å²) in [5, 5.41) is 5.01. The molecule has 1 spiro atoms. The van der Waals surface area contributed by atoms with Crippen LogP contribution in [0.2, 0.25) is 0 Å². The first kappa shape index (κ1) is 13.5. The quantitative estimate of drug-likeness (QED) is 0.830. The predicted octanol–water partition coefficient (Wildman–Crippen LogP) is 4.06. The molecule has 0 saturated heterocycles. The number of rotatable bonds is 2. The van der Waals surface area contributed by atoms with Crippen LogP contribution >= 0.6 is 11.8 Å². The number of aliphatic imine (C=N–C) groups is 1. The molecule has 112 valence electrons. The molecule has 0 amide bonds. The van der Waals surface area contributed by atoms with E-state index in [0.717, 1.165) is 24.3 Å². The van der Waals surface area contributed by atoms with Gasteiger partial charge in [-0.1, -0.05) is 31.0 Å². The van der Waals surface area contributed by atoms with Crippen LogP contribution in [0.3, 0.4) is 0 Å². The van der Waals surface area contributed by atoms with E-state index in [1.54, 1.807) is 0 Å².